The van der Waals surface area contributed by atoms with Crippen LogP contribution in [0.5, 0.6) is 5.88 Å². The third-order valence-electron chi connectivity index (χ3n) is 1.76. The lowest BCUT2D eigenvalue weighted by Gasteiger charge is -2.07. The second kappa shape index (κ2) is 4.42. The van der Waals surface area contributed by atoms with Gasteiger partial charge in [0, 0.05) is 5.69 Å². The van der Waals surface area contributed by atoms with Crippen LogP contribution in [0.1, 0.15) is 16.8 Å². The largest absolute Gasteiger partial charge is 0.479 e. The summed E-state index contributed by atoms with van der Waals surface area (Å²) in [6.07, 6.45) is 0. The van der Waals surface area contributed by atoms with Crippen molar-refractivity contribution in [3.8, 4) is 11.9 Å². The normalized spacial score (nSPS) is 9.40. The van der Waals surface area contributed by atoms with E-state index in [-0.39, 0.29) is 11.4 Å². The highest BCUT2D eigenvalue weighted by Gasteiger charge is 2.10. The van der Waals surface area contributed by atoms with Gasteiger partial charge in [-0.1, -0.05) is 0 Å². The lowest BCUT2D eigenvalue weighted by atomic mass is 10.1. The first-order valence-corrected chi connectivity index (χ1v) is 4.27. The van der Waals surface area contributed by atoms with Gasteiger partial charge in [0.2, 0.25) is 5.88 Å². The average molecular weight is 206 g/mol. The Kier molecular flexibility index (Phi) is 3.24. The van der Waals surface area contributed by atoms with Crippen molar-refractivity contribution >= 4 is 5.97 Å². The molecule has 0 unspecified atom stereocenters. The van der Waals surface area contributed by atoms with Gasteiger partial charge in [0.15, 0.2) is 6.61 Å². The van der Waals surface area contributed by atoms with Crippen molar-refractivity contribution in [2.24, 2.45) is 0 Å². The molecule has 5 heteroatoms. The maximum absolute atomic E-state index is 10.3. The number of carboxylic acid groups (broad SMARTS) is 1. The molecule has 1 heterocycles. The van der Waals surface area contributed by atoms with Gasteiger partial charge in [0.1, 0.15) is 11.6 Å². The van der Waals surface area contributed by atoms with Gasteiger partial charge in [0.25, 0.3) is 0 Å². The van der Waals surface area contributed by atoms with Gasteiger partial charge in [-0.3, -0.25) is 0 Å². The van der Waals surface area contributed by atoms with E-state index < -0.39 is 12.6 Å². The number of carboxylic acids is 1. The number of rotatable bonds is 3. The van der Waals surface area contributed by atoms with E-state index in [4.69, 9.17) is 15.1 Å². The summed E-state index contributed by atoms with van der Waals surface area (Å²) < 4.78 is 4.92. The van der Waals surface area contributed by atoms with Gasteiger partial charge in [-0.2, -0.15) is 5.26 Å². The molecule has 0 saturated heterocycles. The Bertz CT molecular complexity index is 435. The number of ether oxygens (including phenoxy) is 1. The zero-order valence-corrected chi connectivity index (χ0v) is 8.44. The summed E-state index contributed by atoms with van der Waals surface area (Å²) in [7, 11) is 0. The van der Waals surface area contributed by atoms with E-state index in [9.17, 15) is 4.79 Å². The predicted octanol–water partition coefficient (Wildman–Crippen LogP) is 1.03. The Morgan fingerprint density at radius 3 is 2.87 bits per heavy atom. The fourth-order valence-electron chi connectivity index (χ4n) is 1.17. The number of aliphatic carboxylic acids is 1. The van der Waals surface area contributed by atoms with Crippen LogP contribution in [0.3, 0.4) is 0 Å². The average Bonchev–Trinajstić information content (AvgIpc) is 2.13. The number of aryl methyl sites for hydroxylation is 2. The van der Waals surface area contributed by atoms with Crippen LogP contribution in [-0.4, -0.2) is 22.7 Å². The van der Waals surface area contributed by atoms with Gasteiger partial charge in [-0.05, 0) is 25.5 Å². The SMILES string of the molecule is Cc1cc(C)c(C#N)c(OCC(=O)O)n1. The Morgan fingerprint density at radius 1 is 1.67 bits per heavy atom. The first kappa shape index (κ1) is 11.0. The summed E-state index contributed by atoms with van der Waals surface area (Å²) in [6, 6.07) is 3.68. The fourth-order valence-corrected chi connectivity index (χ4v) is 1.17. The fraction of sp³-hybridized carbons (Fsp3) is 0.300. The number of carbonyl (C=O) groups is 1. The van der Waals surface area contributed by atoms with E-state index in [0.29, 0.717) is 5.69 Å². The minimum atomic E-state index is -1.10. The van der Waals surface area contributed by atoms with E-state index >= 15 is 0 Å². The summed E-state index contributed by atoms with van der Waals surface area (Å²) in [5.74, 6) is -1.02. The van der Waals surface area contributed by atoms with Crippen molar-refractivity contribution in [2.45, 2.75) is 13.8 Å². The van der Waals surface area contributed by atoms with Gasteiger partial charge in [-0.15, -0.1) is 0 Å². The maximum atomic E-state index is 10.3. The van der Waals surface area contributed by atoms with Crippen LogP contribution in [-0.2, 0) is 4.79 Å². The molecule has 0 amide bonds. The highest BCUT2D eigenvalue weighted by Crippen LogP contribution is 2.19. The molecule has 0 radical (unpaired) electrons. The zero-order valence-electron chi connectivity index (χ0n) is 8.44. The van der Waals surface area contributed by atoms with Gasteiger partial charge < -0.3 is 9.84 Å². The molecule has 0 saturated carbocycles. The molecule has 15 heavy (non-hydrogen) atoms. The van der Waals surface area contributed by atoms with E-state index in [2.05, 4.69) is 4.98 Å². The number of hydrogen-bond donors (Lipinski definition) is 1. The van der Waals surface area contributed by atoms with Crippen LogP contribution >= 0.6 is 0 Å². The van der Waals surface area contributed by atoms with Crippen molar-refractivity contribution in [3.05, 3.63) is 22.9 Å². The van der Waals surface area contributed by atoms with E-state index in [1.165, 1.54) is 0 Å². The topological polar surface area (TPSA) is 83.2 Å². The van der Waals surface area contributed by atoms with E-state index in [1.54, 1.807) is 19.9 Å². The van der Waals surface area contributed by atoms with Crippen LogP contribution in [0.25, 0.3) is 0 Å². The highest BCUT2D eigenvalue weighted by atomic mass is 16.5. The molecule has 0 aromatic carbocycles. The van der Waals surface area contributed by atoms with Crippen molar-refractivity contribution in [1.82, 2.24) is 4.98 Å². The maximum Gasteiger partial charge on any atom is 0.341 e. The minimum absolute atomic E-state index is 0.0809. The summed E-state index contributed by atoms with van der Waals surface area (Å²) in [5, 5.41) is 17.3. The molecule has 78 valence electrons. The van der Waals surface area contributed by atoms with E-state index in [0.717, 1.165) is 5.56 Å². The molecule has 1 N–H and O–H groups in total. The molecule has 1 aromatic rings. The molecule has 0 atom stereocenters. The molecule has 0 aliphatic carbocycles. The number of hydrogen-bond acceptors (Lipinski definition) is 4. The smallest absolute Gasteiger partial charge is 0.341 e. The predicted molar refractivity (Wildman–Crippen MR) is 51.6 cm³/mol. The van der Waals surface area contributed by atoms with E-state index in [1.807, 2.05) is 6.07 Å². The second-order valence-corrected chi connectivity index (χ2v) is 3.05. The minimum Gasteiger partial charge on any atom is -0.479 e. The van der Waals surface area contributed by atoms with Crippen molar-refractivity contribution in [3.63, 3.8) is 0 Å². The molecule has 0 aliphatic heterocycles. The number of nitrogens with zero attached hydrogens (tertiary/aromatic N) is 2. The monoisotopic (exact) mass is 206 g/mol. The molecule has 0 fully saturated rings. The summed E-state index contributed by atoms with van der Waals surface area (Å²) in [4.78, 5) is 14.3. The Hall–Kier alpha value is -2.09. The zero-order chi connectivity index (χ0) is 11.4. The lowest BCUT2D eigenvalue weighted by molar-refractivity contribution is -0.139. The van der Waals surface area contributed by atoms with Gasteiger partial charge in [-0.25, -0.2) is 9.78 Å². The number of aromatic nitrogens is 1. The molecule has 1 rings (SSSR count). The number of nitriles is 1. The molecule has 0 spiro atoms. The molecule has 0 bridgehead atoms. The Labute approximate surface area is 86.9 Å². The first-order chi connectivity index (χ1) is 7.04. The highest BCUT2D eigenvalue weighted by molar-refractivity contribution is 5.68. The van der Waals surface area contributed by atoms with Crippen molar-refractivity contribution < 1.29 is 14.6 Å². The Morgan fingerprint density at radius 2 is 2.33 bits per heavy atom. The van der Waals surface area contributed by atoms with Crippen LogP contribution in [0.4, 0.5) is 0 Å². The molecule has 1 aromatic heterocycles. The third-order valence-corrected chi connectivity index (χ3v) is 1.76. The summed E-state index contributed by atoms with van der Waals surface area (Å²) in [6.45, 7) is 3.01. The lowest BCUT2D eigenvalue weighted by Crippen LogP contribution is -2.11. The molecular weight excluding hydrogens is 196 g/mol. The molecule has 5 nitrogen and oxygen atoms in total. The quantitative estimate of drug-likeness (QED) is 0.798. The summed E-state index contributed by atoms with van der Waals surface area (Å²) in [5.41, 5.74) is 1.69. The molecular formula is C10H10N2O3. The van der Waals surface area contributed by atoms with Crippen LogP contribution in [0, 0.1) is 25.2 Å². The summed E-state index contributed by atoms with van der Waals surface area (Å²) >= 11 is 0. The van der Waals surface area contributed by atoms with Crippen LogP contribution < -0.4 is 4.74 Å². The third kappa shape index (κ3) is 2.68. The first-order valence-electron chi connectivity index (χ1n) is 4.27. The van der Waals surface area contributed by atoms with Crippen molar-refractivity contribution in [2.75, 3.05) is 6.61 Å². The molecule has 0 aliphatic rings. The van der Waals surface area contributed by atoms with Gasteiger partial charge >= 0.3 is 5.97 Å². The van der Waals surface area contributed by atoms with Crippen LogP contribution in [0.15, 0.2) is 6.07 Å². The van der Waals surface area contributed by atoms with Crippen molar-refractivity contribution in [1.29, 1.82) is 5.26 Å². The van der Waals surface area contributed by atoms with Gasteiger partial charge in [0.05, 0.1) is 0 Å². The Balaban J connectivity index is 3.05. The standard InChI is InChI=1S/C10H10N2O3/c1-6-3-7(2)12-10(8(6)4-11)15-5-9(13)14/h3H,5H2,1-2H3,(H,13,14). The number of pyridine rings is 1. The second-order valence-electron chi connectivity index (χ2n) is 3.05. The van der Waals surface area contributed by atoms with Crippen LogP contribution in [0.2, 0.25) is 0 Å².